The molecule has 2 fully saturated rings. The van der Waals surface area contributed by atoms with Crippen LogP contribution >= 0.6 is 0 Å². The first-order chi connectivity index (χ1) is 23.4. The maximum Gasteiger partial charge on any atom is 0.342 e. The summed E-state index contributed by atoms with van der Waals surface area (Å²) in [5.74, 6) is 0.653. The van der Waals surface area contributed by atoms with Gasteiger partial charge in [-0.25, -0.2) is 4.99 Å². The lowest BCUT2D eigenvalue weighted by atomic mass is 9.96. The molecular formula is C38H52N7O3+. The van der Waals surface area contributed by atoms with Gasteiger partial charge in [0.15, 0.2) is 0 Å². The van der Waals surface area contributed by atoms with Gasteiger partial charge in [-0.3, -0.25) is 4.79 Å². The van der Waals surface area contributed by atoms with Crippen LogP contribution in [-0.4, -0.2) is 104 Å². The van der Waals surface area contributed by atoms with Crippen molar-refractivity contribution in [3.05, 3.63) is 76.3 Å². The summed E-state index contributed by atoms with van der Waals surface area (Å²) in [6.45, 7) is 20.4. The number of nitrogens with one attached hydrogen (secondary N) is 1. The zero-order valence-corrected chi connectivity index (χ0v) is 29.0. The second-order valence-corrected chi connectivity index (χ2v) is 12.3. The maximum absolute atomic E-state index is 12.6. The summed E-state index contributed by atoms with van der Waals surface area (Å²) in [5, 5.41) is 13.1. The molecular weight excluding hydrogens is 602 g/mol. The van der Waals surface area contributed by atoms with Gasteiger partial charge in [-0.05, 0) is 61.7 Å². The zero-order valence-electron chi connectivity index (χ0n) is 29.0. The van der Waals surface area contributed by atoms with Gasteiger partial charge in [0, 0.05) is 57.0 Å². The number of rotatable bonds is 14. The molecule has 3 heterocycles. The van der Waals surface area contributed by atoms with Crippen molar-refractivity contribution < 1.29 is 14.3 Å². The predicted octanol–water partition coefficient (Wildman–Crippen LogP) is 5.46. The van der Waals surface area contributed by atoms with Crippen molar-refractivity contribution in [2.45, 2.75) is 65.0 Å². The Balaban J connectivity index is 1.55. The molecule has 256 valence electrons. The van der Waals surface area contributed by atoms with Gasteiger partial charge in [-0.1, -0.05) is 43.5 Å². The molecule has 1 aromatic carbocycles. The van der Waals surface area contributed by atoms with Crippen molar-refractivity contribution in [2.24, 2.45) is 4.99 Å². The van der Waals surface area contributed by atoms with E-state index in [-0.39, 0.29) is 25.1 Å². The average Bonchev–Trinajstić information content (AvgIpc) is 3.61. The normalized spacial score (nSPS) is 20.1. The summed E-state index contributed by atoms with van der Waals surface area (Å²) < 4.78 is 11.7. The third kappa shape index (κ3) is 9.67. The number of allylic oxidation sites excluding steroid dienone is 1. The number of hydrogen-bond donors (Lipinski definition) is 1. The molecule has 10 nitrogen and oxygen atoms in total. The lowest BCUT2D eigenvalue weighted by molar-refractivity contribution is -0.129. The van der Waals surface area contributed by atoms with Crippen LogP contribution in [0, 0.1) is 24.3 Å². The van der Waals surface area contributed by atoms with E-state index in [1.807, 2.05) is 6.92 Å². The Hall–Kier alpha value is -4.22. The lowest BCUT2D eigenvalue weighted by Crippen LogP contribution is -2.56. The van der Waals surface area contributed by atoms with E-state index in [1.165, 1.54) is 11.6 Å². The highest BCUT2D eigenvalue weighted by Gasteiger charge is 2.36. The van der Waals surface area contributed by atoms with Crippen LogP contribution in [-0.2, 0) is 14.3 Å². The van der Waals surface area contributed by atoms with E-state index < -0.39 is 0 Å². The van der Waals surface area contributed by atoms with Crippen molar-refractivity contribution in [1.82, 2.24) is 20.0 Å². The highest BCUT2D eigenvalue weighted by Crippen LogP contribution is 2.32. The average molecular weight is 655 g/mol. The van der Waals surface area contributed by atoms with Crippen molar-refractivity contribution in [2.75, 3.05) is 65.8 Å². The molecule has 0 aromatic heterocycles. The number of amides is 1. The van der Waals surface area contributed by atoms with Gasteiger partial charge >= 0.3 is 5.70 Å². The number of nitriles is 1. The van der Waals surface area contributed by atoms with Crippen LogP contribution in [0.2, 0.25) is 0 Å². The number of piperazine rings is 1. The quantitative estimate of drug-likeness (QED) is 0.123. The smallest absolute Gasteiger partial charge is 0.342 e. The standard InChI is InChI=1S/C38H52N7O3/c1-6-12-31-14-9-13-29(4)37(31)30(5)43-20-17-34(35(27-43)41-8-3)38(42-28-47-23-11-19-40-25-33-15-10-24-48-33)44-21-22-45(36(46)7-2)32(26-44)16-18-39/h6-7,9,12-14,32-33,40H,2,5,10-11,15-17,19-28H2,1,3-4H3/q+1/b12-6-,42-38+/t32-,33-/m0/s1. The third-order valence-electron chi connectivity index (χ3n) is 9.07. The van der Waals surface area contributed by atoms with Crippen LogP contribution in [0.5, 0.6) is 0 Å². The molecule has 3 aliphatic heterocycles. The van der Waals surface area contributed by atoms with E-state index in [4.69, 9.17) is 19.3 Å². The molecule has 2 atom stereocenters. The van der Waals surface area contributed by atoms with Gasteiger partial charge in [0.25, 0.3) is 6.07 Å². The summed E-state index contributed by atoms with van der Waals surface area (Å²) in [7, 11) is 0. The Morgan fingerprint density at radius 1 is 1.29 bits per heavy atom. The Bertz CT molecular complexity index is 1490. The zero-order chi connectivity index (χ0) is 34.3. The van der Waals surface area contributed by atoms with Gasteiger partial charge in [-0.15, -0.1) is 0 Å². The molecule has 10 heteroatoms. The Morgan fingerprint density at radius 3 is 2.88 bits per heavy atom. The minimum Gasteiger partial charge on any atom is -0.377 e. The summed E-state index contributed by atoms with van der Waals surface area (Å²) in [4.78, 5) is 28.6. The predicted molar refractivity (Wildman–Crippen MR) is 193 cm³/mol. The number of benzene rings is 1. The first-order valence-electron chi connectivity index (χ1n) is 17.2. The molecule has 0 bridgehead atoms. The van der Waals surface area contributed by atoms with E-state index in [0.29, 0.717) is 45.3 Å². The van der Waals surface area contributed by atoms with Gasteiger partial charge < -0.3 is 29.5 Å². The minimum absolute atomic E-state index is 0.157. The fourth-order valence-electron chi connectivity index (χ4n) is 6.68. The number of amidine groups is 1. The van der Waals surface area contributed by atoms with Crippen LogP contribution in [0.15, 0.2) is 59.8 Å². The minimum atomic E-state index is -0.272. The summed E-state index contributed by atoms with van der Waals surface area (Å²) in [6, 6.07) is 11.3. The molecule has 0 radical (unpaired) electrons. The Kier molecular flexibility index (Phi) is 14.5. The van der Waals surface area contributed by atoms with Gasteiger partial charge in [0.05, 0.1) is 43.7 Å². The number of carbonyl (C=O) groups is 1. The van der Waals surface area contributed by atoms with Crippen molar-refractivity contribution in [3.63, 3.8) is 0 Å². The van der Waals surface area contributed by atoms with Crippen molar-refractivity contribution in [3.8, 4) is 12.1 Å². The summed E-state index contributed by atoms with van der Waals surface area (Å²) in [5.41, 5.74) is 6.33. The Labute approximate surface area is 286 Å². The number of carbonyl (C=O) groups excluding carboxylic acids is 1. The number of aryl methyl sites for hydroxylation is 1. The Morgan fingerprint density at radius 2 is 2.15 bits per heavy atom. The first-order valence-corrected chi connectivity index (χ1v) is 17.2. The molecule has 0 unspecified atom stereocenters. The molecule has 3 aliphatic rings. The first kappa shape index (κ1) is 36.6. The molecule has 48 heavy (non-hydrogen) atoms. The highest BCUT2D eigenvalue weighted by molar-refractivity contribution is 6.00. The molecule has 0 spiro atoms. The fourth-order valence-corrected chi connectivity index (χ4v) is 6.68. The van der Waals surface area contributed by atoms with E-state index >= 15 is 0 Å². The topological polar surface area (TPSA) is 97.8 Å². The number of nitrogens with zero attached hydrogens (tertiary/aromatic N) is 6. The van der Waals surface area contributed by atoms with Gasteiger partial charge in [-0.2, -0.15) is 5.26 Å². The van der Waals surface area contributed by atoms with Crippen LogP contribution in [0.4, 0.5) is 0 Å². The monoisotopic (exact) mass is 654 g/mol. The number of hydrogen-bond acceptors (Lipinski definition) is 7. The molecule has 4 rings (SSSR count). The summed E-state index contributed by atoms with van der Waals surface area (Å²) in [6.07, 6.45) is 9.89. The van der Waals surface area contributed by atoms with Crippen LogP contribution in [0.3, 0.4) is 0 Å². The van der Waals surface area contributed by atoms with Gasteiger partial charge in [0.2, 0.25) is 5.91 Å². The van der Waals surface area contributed by atoms with Crippen LogP contribution in [0.25, 0.3) is 16.6 Å². The highest BCUT2D eigenvalue weighted by atomic mass is 16.5. The maximum atomic E-state index is 12.6. The molecule has 2 saturated heterocycles. The molecule has 1 N–H and O–H groups in total. The van der Waals surface area contributed by atoms with Gasteiger partial charge in [0.1, 0.15) is 19.1 Å². The largest absolute Gasteiger partial charge is 0.377 e. The third-order valence-corrected chi connectivity index (χ3v) is 9.07. The van der Waals surface area contributed by atoms with E-state index in [9.17, 15) is 10.1 Å². The number of ether oxygens (including phenoxy) is 2. The molecule has 0 saturated carbocycles. The van der Waals surface area contributed by atoms with Crippen LogP contribution < -0.4 is 5.32 Å². The van der Waals surface area contributed by atoms with Crippen LogP contribution in [0.1, 0.15) is 62.6 Å². The lowest BCUT2D eigenvalue weighted by Gasteiger charge is -2.42. The van der Waals surface area contributed by atoms with E-state index in [2.05, 4.69) is 77.7 Å². The second-order valence-electron chi connectivity index (χ2n) is 12.3. The SMILES string of the molecule is C=CC(=O)N1CCN(/C(=N/COCCCNC[C@@H]2CCCO2)C2=C([N+]#CC)CN(C(=C)c3c(C)cccc3/C=C\C)CC2)C[C@@H]1CC#N. The molecule has 1 aromatic rings. The fraction of sp³-hybridized carbons (Fsp3) is 0.526. The van der Waals surface area contributed by atoms with E-state index in [1.54, 1.807) is 11.8 Å². The van der Waals surface area contributed by atoms with Crippen molar-refractivity contribution in [1.29, 1.82) is 5.26 Å². The summed E-state index contributed by atoms with van der Waals surface area (Å²) >= 11 is 0. The number of aliphatic imine (C=N–C) groups is 1. The molecule has 1 amide bonds. The van der Waals surface area contributed by atoms with Crippen molar-refractivity contribution >= 4 is 23.5 Å². The molecule has 0 aliphatic carbocycles. The van der Waals surface area contributed by atoms with E-state index in [0.717, 1.165) is 79.4 Å². The second kappa shape index (κ2) is 18.9.